The Hall–Kier alpha value is -1.79. The van der Waals surface area contributed by atoms with E-state index in [2.05, 4.69) is 15.1 Å². The molecule has 0 radical (unpaired) electrons. The first kappa shape index (κ1) is 12.7. The highest BCUT2D eigenvalue weighted by molar-refractivity contribution is 5.09. The van der Waals surface area contributed by atoms with Crippen LogP contribution in [0.2, 0.25) is 0 Å². The van der Waals surface area contributed by atoms with Gasteiger partial charge >= 0.3 is 0 Å². The van der Waals surface area contributed by atoms with Gasteiger partial charge in [-0.2, -0.15) is 4.98 Å². The highest BCUT2D eigenvalue weighted by Gasteiger charge is 2.14. The molecule has 0 aromatic carbocycles. The van der Waals surface area contributed by atoms with Gasteiger partial charge in [-0.25, -0.2) is 0 Å². The van der Waals surface area contributed by atoms with Crippen molar-refractivity contribution in [2.45, 2.75) is 18.9 Å². The van der Waals surface area contributed by atoms with E-state index in [4.69, 9.17) is 15.0 Å². The fraction of sp³-hybridized carbons (Fsp3) is 0.417. The first-order valence-electron chi connectivity index (χ1n) is 5.76. The van der Waals surface area contributed by atoms with Crippen molar-refractivity contribution in [1.82, 2.24) is 15.1 Å². The molecule has 96 valence electrons. The molecule has 18 heavy (non-hydrogen) atoms. The van der Waals surface area contributed by atoms with Crippen molar-refractivity contribution in [2.75, 3.05) is 13.7 Å². The Morgan fingerprint density at radius 1 is 1.44 bits per heavy atom. The molecule has 1 unspecified atom stereocenters. The van der Waals surface area contributed by atoms with Crippen LogP contribution in [0.3, 0.4) is 0 Å². The van der Waals surface area contributed by atoms with E-state index in [1.807, 2.05) is 18.2 Å². The second-order valence-electron chi connectivity index (χ2n) is 3.93. The maximum Gasteiger partial charge on any atom is 0.243 e. The average molecular weight is 248 g/mol. The van der Waals surface area contributed by atoms with Crippen LogP contribution in [0.1, 0.15) is 29.9 Å². The number of hydrogen-bond donors (Lipinski definition) is 1. The van der Waals surface area contributed by atoms with Crippen LogP contribution in [0.15, 0.2) is 28.9 Å². The quantitative estimate of drug-likeness (QED) is 0.823. The summed E-state index contributed by atoms with van der Waals surface area (Å²) in [5.74, 6) is 1.04. The lowest BCUT2D eigenvalue weighted by Gasteiger charge is -2.04. The Balaban J connectivity index is 1.98. The molecule has 2 aromatic rings. The van der Waals surface area contributed by atoms with Crippen molar-refractivity contribution in [1.29, 1.82) is 0 Å². The largest absolute Gasteiger partial charge is 0.385 e. The zero-order valence-electron chi connectivity index (χ0n) is 10.2. The summed E-state index contributed by atoms with van der Waals surface area (Å²) < 4.78 is 10.1. The normalized spacial score (nSPS) is 12.6. The number of nitrogens with two attached hydrogens (primary N) is 1. The predicted octanol–water partition coefficient (Wildman–Crippen LogP) is 1.09. The van der Waals surface area contributed by atoms with E-state index in [9.17, 15) is 0 Å². The molecule has 2 aromatic heterocycles. The van der Waals surface area contributed by atoms with Crippen molar-refractivity contribution >= 4 is 0 Å². The lowest BCUT2D eigenvalue weighted by Crippen LogP contribution is -2.13. The van der Waals surface area contributed by atoms with Crippen LogP contribution < -0.4 is 5.73 Å². The Morgan fingerprint density at radius 3 is 3.06 bits per heavy atom. The monoisotopic (exact) mass is 248 g/mol. The molecule has 0 amide bonds. The van der Waals surface area contributed by atoms with Crippen LogP contribution in [0, 0.1) is 0 Å². The summed E-state index contributed by atoms with van der Waals surface area (Å²) in [6.07, 6.45) is 2.93. The summed E-state index contributed by atoms with van der Waals surface area (Å²) in [6, 6.07) is 5.43. The lowest BCUT2D eigenvalue weighted by atomic mass is 10.2. The van der Waals surface area contributed by atoms with Crippen LogP contribution >= 0.6 is 0 Å². The highest BCUT2D eigenvalue weighted by Crippen LogP contribution is 2.12. The van der Waals surface area contributed by atoms with Gasteiger partial charge in [0.15, 0.2) is 5.82 Å². The SMILES string of the molecule is COCCC(N)c1nc(Cc2ccccn2)no1. The first-order chi connectivity index (χ1) is 8.79. The van der Waals surface area contributed by atoms with Crippen molar-refractivity contribution in [2.24, 2.45) is 5.73 Å². The Morgan fingerprint density at radius 2 is 2.33 bits per heavy atom. The highest BCUT2D eigenvalue weighted by atomic mass is 16.5. The Kier molecular flexibility index (Phi) is 4.38. The molecule has 0 saturated heterocycles. The number of methoxy groups -OCH3 is 1. The number of nitrogens with zero attached hydrogens (tertiary/aromatic N) is 3. The second-order valence-corrected chi connectivity index (χ2v) is 3.93. The molecule has 0 spiro atoms. The molecule has 0 aliphatic carbocycles. The predicted molar refractivity (Wildman–Crippen MR) is 64.8 cm³/mol. The number of pyridine rings is 1. The summed E-state index contributed by atoms with van der Waals surface area (Å²) in [5, 5.41) is 3.89. The van der Waals surface area contributed by atoms with Crippen molar-refractivity contribution < 1.29 is 9.26 Å². The molecule has 2 N–H and O–H groups in total. The standard InChI is InChI=1S/C12H16N4O2/c1-17-7-5-10(13)12-15-11(16-18-12)8-9-4-2-3-6-14-9/h2-4,6,10H,5,7-8,13H2,1H3. The summed E-state index contributed by atoms with van der Waals surface area (Å²) in [5.41, 5.74) is 6.79. The number of rotatable bonds is 6. The molecule has 1 atom stereocenters. The maximum absolute atomic E-state index is 5.90. The molecule has 0 fully saturated rings. The van der Waals surface area contributed by atoms with Gasteiger partial charge in [-0.15, -0.1) is 0 Å². The van der Waals surface area contributed by atoms with Gasteiger partial charge in [0.05, 0.1) is 12.5 Å². The van der Waals surface area contributed by atoms with E-state index in [1.54, 1.807) is 13.3 Å². The Bertz CT molecular complexity index is 472. The van der Waals surface area contributed by atoms with Gasteiger partial charge < -0.3 is 15.0 Å². The molecular weight excluding hydrogens is 232 g/mol. The fourth-order valence-corrected chi connectivity index (χ4v) is 1.52. The third kappa shape index (κ3) is 3.35. The molecule has 2 rings (SSSR count). The Labute approximate surface area is 105 Å². The second kappa shape index (κ2) is 6.23. The number of hydrogen-bond acceptors (Lipinski definition) is 6. The first-order valence-corrected chi connectivity index (χ1v) is 5.76. The average Bonchev–Trinajstić information content (AvgIpc) is 2.86. The minimum absolute atomic E-state index is 0.282. The minimum atomic E-state index is -0.282. The molecule has 6 nitrogen and oxygen atoms in total. The molecule has 0 saturated carbocycles. The van der Waals surface area contributed by atoms with Gasteiger partial charge in [0, 0.05) is 25.6 Å². The van der Waals surface area contributed by atoms with Gasteiger partial charge in [0.1, 0.15) is 0 Å². The van der Waals surface area contributed by atoms with E-state index in [-0.39, 0.29) is 6.04 Å². The molecule has 2 heterocycles. The molecular formula is C12H16N4O2. The maximum atomic E-state index is 5.90. The molecule has 6 heteroatoms. The molecule has 0 bridgehead atoms. The van der Waals surface area contributed by atoms with E-state index < -0.39 is 0 Å². The zero-order chi connectivity index (χ0) is 12.8. The van der Waals surface area contributed by atoms with E-state index >= 15 is 0 Å². The summed E-state index contributed by atoms with van der Waals surface area (Å²) >= 11 is 0. The fourth-order valence-electron chi connectivity index (χ4n) is 1.52. The molecule has 0 aliphatic rings. The van der Waals surface area contributed by atoms with Crippen molar-refractivity contribution in [3.63, 3.8) is 0 Å². The summed E-state index contributed by atoms with van der Waals surface area (Å²) in [7, 11) is 1.63. The smallest absolute Gasteiger partial charge is 0.243 e. The summed E-state index contributed by atoms with van der Waals surface area (Å²) in [6.45, 7) is 0.569. The van der Waals surface area contributed by atoms with E-state index in [1.165, 1.54) is 0 Å². The number of aromatic nitrogens is 3. The van der Waals surface area contributed by atoms with Gasteiger partial charge in [-0.05, 0) is 18.6 Å². The van der Waals surface area contributed by atoms with Gasteiger partial charge in [-0.1, -0.05) is 11.2 Å². The van der Waals surface area contributed by atoms with Gasteiger partial charge in [0.25, 0.3) is 0 Å². The van der Waals surface area contributed by atoms with Gasteiger partial charge in [0.2, 0.25) is 5.89 Å². The zero-order valence-corrected chi connectivity index (χ0v) is 10.2. The summed E-state index contributed by atoms with van der Waals surface area (Å²) in [4.78, 5) is 8.46. The van der Waals surface area contributed by atoms with E-state index in [0.29, 0.717) is 31.2 Å². The van der Waals surface area contributed by atoms with Gasteiger partial charge in [-0.3, -0.25) is 4.98 Å². The van der Waals surface area contributed by atoms with Crippen LogP contribution in [-0.4, -0.2) is 28.8 Å². The lowest BCUT2D eigenvalue weighted by molar-refractivity contribution is 0.182. The van der Waals surface area contributed by atoms with Crippen LogP contribution in [0.5, 0.6) is 0 Å². The van der Waals surface area contributed by atoms with Crippen molar-refractivity contribution in [3.05, 3.63) is 41.8 Å². The van der Waals surface area contributed by atoms with Crippen LogP contribution in [0.4, 0.5) is 0 Å². The van der Waals surface area contributed by atoms with E-state index in [0.717, 1.165) is 5.69 Å². The van der Waals surface area contributed by atoms with Crippen LogP contribution in [0.25, 0.3) is 0 Å². The third-order valence-corrected chi connectivity index (χ3v) is 2.50. The topological polar surface area (TPSA) is 87.1 Å². The van der Waals surface area contributed by atoms with Crippen molar-refractivity contribution in [3.8, 4) is 0 Å². The van der Waals surface area contributed by atoms with Crippen LogP contribution in [-0.2, 0) is 11.2 Å². The number of ether oxygens (including phenoxy) is 1. The minimum Gasteiger partial charge on any atom is -0.385 e. The third-order valence-electron chi connectivity index (χ3n) is 2.50. The molecule has 0 aliphatic heterocycles.